The predicted molar refractivity (Wildman–Crippen MR) is 78.7 cm³/mol. The molecule has 1 heterocycles. The summed E-state index contributed by atoms with van der Waals surface area (Å²) in [6, 6.07) is 9.61. The van der Waals surface area contributed by atoms with Gasteiger partial charge in [0.15, 0.2) is 5.82 Å². The average molecular weight is 304 g/mol. The summed E-state index contributed by atoms with van der Waals surface area (Å²) in [6.07, 6.45) is 0. The second-order valence-corrected chi connectivity index (χ2v) is 5.02. The Kier molecular flexibility index (Phi) is 3.31. The van der Waals surface area contributed by atoms with E-state index in [0.717, 1.165) is 11.1 Å². The Balaban J connectivity index is 2.22. The molecule has 2 aromatic carbocycles. The summed E-state index contributed by atoms with van der Waals surface area (Å²) in [7, 11) is 0. The Morgan fingerprint density at radius 1 is 1.19 bits per heavy atom. The van der Waals surface area contributed by atoms with Crippen LogP contribution < -0.4 is 5.73 Å². The first-order valence-corrected chi connectivity index (χ1v) is 6.54. The molecular weight excluding hydrogens is 293 g/mol. The van der Waals surface area contributed by atoms with Crippen molar-refractivity contribution in [1.29, 1.82) is 0 Å². The molecule has 0 spiro atoms. The van der Waals surface area contributed by atoms with Gasteiger partial charge in [0.2, 0.25) is 0 Å². The zero-order valence-electron chi connectivity index (χ0n) is 11.1. The summed E-state index contributed by atoms with van der Waals surface area (Å²) in [4.78, 5) is 0. The molecule has 0 fully saturated rings. The highest BCUT2D eigenvalue weighted by Gasteiger charge is 2.16. The van der Waals surface area contributed by atoms with E-state index in [2.05, 4.69) is 15.5 Å². The third kappa shape index (κ3) is 2.45. The molecule has 0 aliphatic heterocycles. The van der Waals surface area contributed by atoms with Gasteiger partial charge in [-0.1, -0.05) is 17.7 Å². The van der Waals surface area contributed by atoms with E-state index in [1.54, 1.807) is 12.1 Å². The quantitative estimate of drug-likeness (QED) is 0.739. The van der Waals surface area contributed by atoms with Crippen molar-refractivity contribution in [3.05, 3.63) is 52.8 Å². The third-order valence-corrected chi connectivity index (χ3v) is 3.34. The second kappa shape index (κ2) is 5.14. The summed E-state index contributed by atoms with van der Waals surface area (Å²) in [5, 5.41) is 11.9. The zero-order chi connectivity index (χ0) is 15.0. The number of aromatic nitrogens is 4. The van der Waals surface area contributed by atoms with Gasteiger partial charge >= 0.3 is 0 Å². The van der Waals surface area contributed by atoms with Crippen LogP contribution in [-0.2, 0) is 0 Å². The lowest BCUT2D eigenvalue weighted by Crippen LogP contribution is -2.03. The van der Waals surface area contributed by atoms with Crippen molar-refractivity contribution in [2.24, 2.45) is 0 Å². The van der Waals surface area contributed by atoms with Gasteiger partial charge in [-0.25, -0.2) is 4.39 Å². The number of benzene rings is 2. The average Bonchev–Trinajstić information content (AvgIpc) is 2.93. The van der Waals surface area contributed by atoms with Crippen molar-refractivity contribution in [2.75, 3.05) is 5.73 Å². The molecule has 7 heteroatoms. The van der Waals surface area contributed by atoms with Gasteiger partial charge in [-0.15, -0.1) is 5.10 Å². The summed E-state index contributed by atoms with van der Waals surface area (Å²) in [5.41, 5.74) is 8.24. The van der Waals surface area contributed by atoms with Crippen LogP contribution >= 0.6 is 11.6 Å². The Hall–Kier alpha value is -2.47. The fourth-order valence-corrected chi connectivity index (χ4v) is 2.21. The fourth-order valence-electron chi connectivity index (χ4n) is 2.05. The van der Waals surface area contributed by atoms with Crippen molar-refractivity contribution in [3.8, 4) is 17.1 Å². The van der Waals surface area contributed by atoms with Crippen LogP contribution in [0.4, 0.5) is 10.1 Å². The molecule has 0 aliphatic rings. The summed E-state index contributed by atoms with van der Waals surface area (Å²) in [5.74, 6) is -0.0597. The highest BCUT2D eigenvalue weighted by molar-refractivity contribution is 6.30. The molecule has 0 radical (unpaired) electrons. The van der Waals surface area contributed by atoms with E-state index in [0.29, 0.717) is 16.5 Å². The van der Waals surface area contributed by atoms with Crippen molar-refractivity contribution in [1.82, 2.24) is 20.2 Å². The van der Waals surface area contributed by atoms with Crippen LogP contribution in [0.1, 0.15) is 5.56 Å². The SMILES string of the molecule is Cc1ccc(N)cc1-c1nnnn1-c1cc(Cl)ccc1F. The van der Waals surface area contributed by atoms with Gasteiger partial charge in [-0.05, 0) is 53.2 Å². The first-order valence-electron chi connectivity index (χ1n) is 6.16. The van der Waals surface area contributed by atoms with Gasteiger partial charge in [-0.3, -0.25) is 0 Å². The van der Waals surface area contributed by atoms with Crippen LogP contribution in [0, 0.1) is 12.7 Å². The van der Waals surface area contributed by atoms with E-state index in [1.165, 1.54) is 22.9 Å². The molecule has 21 heavy (non-hydrogen) atoms. The van der Waals surface area contributed by atoms with Gasteiger partial charge in [0.05, 0.1) is 0 Å². The van der Waals surface area contributed by atoms with E-state index in [-0.39, 0.29) is 5.69 Å². The van der Waals surface area contributed by atoms with Crippen molar-refractivity contribution >= 4 is 17.3 Å². The van der Waals surface area contributed by atoms with E-state index in [1.807, 2.05) is 13.0 Å². The first-order chi connectivity index (χ1) is 10.1. The lowest BCUT2D eigenvalue weighted by atomic mass is 10.1. The monoisotopic (exact) mass is 303 g/mol. The Labute approximate surface area is 125 Å². The fraction of sp³-hybridized carbons (Fsp3) is 0.0714. The molecule has 0 saturated carbocycles. The van der Waals surface area contributed by atoms with E-state index in [9.17, 15) is 4.39 Å². The summed E-state index contributed by atoms with van der Waals surface area (Å²) < 4.78 is 15.3. The molecule has 5 nitrogen and oxygen atoms in total. The van der Waals surface area contributed by atoms with Crippen LogP contribution in [0.5, 0.6) is 0 Å². The standard InChI is InChI=1S/C14H11ClFN5/c1-8-2-4-10(17)7-11(8)14-18-19-20-21(14)13-6-9(15)3-5-12(13)16/h2-7H,17H2,1H3. The molecule has 0 saturated heterocycles. The van der Waals surface area contributed by atoms with Crippen molar-refractivity contribution < 1.29 is 4.39 Å². The molecule has 0 aliphatic carbocycles. The van der Waals surface area contributed by atoms with Crippen molar-refractivity contribution in [3.63, 3.8) is 0 Å². The number of hydrogen-bond donors (Lipinski definition) is 1. The van der Waals surface area contributed by atoms with Crippen LogP contribution in [0.3, 0.4) is 0 Å². The number of nitrogen functional groups attached to an aromatic ring is 1. The smallest absolute Gasteiger partial charge is 0.187 e. The van der Waals surface area contributed by atoms with Gasteiger partial charge in [0.1, 0.15) is 11.5 Å². The predicted octanol–water partition coefficient (Wildman–Crippen LogP) is 3.01. The Bertz CT molecular complexity index is 749. The normalized spacial score (nSPS) is 10.8. The molecule has 0 unspecified atom stereocenters. The summed E-state index contributed by atoms with van der Waals surface area (Å²) in [6.45, 7) is 1.90. The van der Waals surface area contributed by atoms with Gasteiger partial charge in [-0.2, -0.15) is 4.68 Å². The minimum Gasteiger partial charge on any atom is -0.399 e. The van der Waals surface area contributed by atoms with Crippen LogP contribution in [0.2, 0.25) is 5.02 Å². The molecule has 3 rings (SSSR count). The number of halogens is 2. The number of nitrogens with two attached hydrogens (primary N) is 1. The van der Waals surface area contributed by atoms with Gasteiger partial charge < -0.3 is 5.73 Å². The molecule has 3 aromatic rings. The van der Waals surface area contributed by atoms with E-state index >= 15 is 0 Å². The number of rotatable bonds is 2. The molecular formula is C14H11ClFN5. The van der Waals surface area contributed by atoms with Crippen LogP contribution in [0.25, 0.3) is 17.1 Å². The maximum Gasteiger partial charge on any atom is 0.187 e. The van der Waals surface area contributed by atoms with Gasteiger partial charge in [0.25, 0.3) is 0 Å². The highest BCUT2D eigenvalue weighted by Crippen LogP contribution is 2.27. The van der Waals surface area contributed by atoms with Crippen molar-refractivity contribution in [2.45, 2.75) is 6.92 Å². The lowest BCUT2D eigenvalue weighted by molar-refractivity contribution is 0.608. The number of hydrogen-bond acceptors (Lipinski definition) is 4. The molecule has 0 bridgehead atoms. The number of aryl methyl sites for hydroxylation is 1. The number of nitrogens with zero attached hydrogens (tertiary/aromatic N) is 4. The number of tetrazole rings is 1. The first kappa shape index (κ1) is 13.5. The molecule has 2 N–H and O–H groups in total. The highest BCUT2D eigenvalue weighted by atomic mass is 35.5. The van der Waals surface area contributed by atoms with Crippen LogP contribution in [0.15, 0.2) is 36.4 Å². The maximum atomic E-state index is 14.0. The lowest BCUT2D eigenvalue weighted by Gasteiger charge is -2.09. The number of anilines is 1. The van der Waals surface area contributed by atoms with Gasteiger partial charge in [0, 0.05) is 16.3 Å². The molecule has 0 atom stereocenters. The second-order valence-electron chi connectivity index (χ2n) is 4.58. The topological polar surface area (TPSA) is 69.6 Å². The minimum atomic E-state index is -0.463. The zero-order valence-corrected chi connectivity index (χ0v) is 11.8. The third-order valence-electron chi connectivity index (χ3n) is 3.11. The van der Waals surface area contributed by atoms with Crippen LogP contribution in [-0.4, -0.2) is 20.2 Å². The van der Waals surface area contributed by atoms with E-state index < -0.39 is 5.82 Å². The largest absolute Gasteiger partial charge is 0.399 e. The minimum absolute atomic E-state index is 0.185. The molecule has 1 aromatic heterocycles. The Morgan fingerprint density at radius 3 is 2.81 bits per heavy atom. The summed E-state index contributed by atoms with van der Waals surface area (Å²) >= 11 is 5.92. The molecule has 0 amide bonds. The van der Waals surface area contributed by atoms with E-state index in [4.69, 9.17) is 17.3 Å². The maximum absolute atomic E-state index is 14.0. The molecule has 106 valence electrons. The Morgan fingerprint density at radius 2 is 2.00 bits per heavy atom.